The van der Waals surface area contributed by atoms with E-state index in [0.717, 1.165) is 12.0 Å². The van der Waals surface area contributed by atoms with Crippen LogP contribution in [-0.4, -0.2) is 17.2 Å². The molecule has 2 rings (SSSR count). The van der Waals surface area contributed by atoms with Gasteiger partial charge in [0.2, 0.25) is 0 Å². The van der Waals surface area contributed by atoms with E-state index in [4.69, 9.17) is 4.74 Å². The van der Waals surface area contributed by atoms with Crippen LogP contribution in [0.15, 0.2) is 24.3 Å². The van der Waals surface area contributed by atoms with Crippen molar-refractivity contribution in [3.05, 3.63) is 35.6 Å². The maximum Gasteiger partial charge on any atom is 0.123 e. The highest BCUT2D eigenvalue weighted by molar-refractivity contribution is 5.21. The van der Waals surface area contributed by atoms with Gasteiger partial charge in [-0.05, 0) is 57.7 Å². The molecule has 0 bridgehead atoms. The first-order valence-corrected chi connectivity index (χ1v) is 7.82. The van der Waals surface area contributed by atoms with Crippen molar-refractivity contribution in [2.24, 2.45) is 5.92 Å². The summed E-state index contributed by atoms with van der Waals surface area (Å²) >= 11 is 0. The van der Waals surface area contributed by atoms with E-state index in [1.54, 1.807) is 0 Å². The predicted molar refractivity (Wildman–Crippen MR) is 84.8 cm³/mol. The van der Waals surface area contributed by atoms with Crippen molar-refractivity contribution in [3.8, 4) is 0 Å². The third-order valence-corrected chi connectivity index (χ3v) is 4.35. The highest BCUT2D eigenvalue weighted by Gasteiger charge is 2.46. The van der Waals surface area contributed by atoms with E-state index >= 15 is 0 Å². The SMILES string of the molecule is CC(C)C(NC1CC(C)(C)OC1(C)C)c1ccc(F)cc1. The zero-order chi connectivity index (χ0) is 15.8. The van der Waals surface area contributed by atoms with Gasteiger partial charge in [-0.2, -0.15) is 0 Å². The monoisotopic (exact) mass is 293 g/mol. The summed E-state index contributed by atoms with van der Waals surface area (Å²) in [5, 5.41) is 3.75. The summed E-state index contributed by atoms with van der Waals surface area (Å²) in [7, 11) is 0. The maximum absolute atomic E-state index is 13.1. The number of nitrogens with one attached hydrogen (secondary N) is 1. The Bertz CT molecular complexity index is 478. The van der Waals surface area contributed by atoms with Gasteiger partial charge >= 0.3 is 0 Å². The third-order valence-electron chi connectivity index (χ3n) is 4.35. The van der Waals surface area contributed by atoms with Crippen LogP contribution in [-0.2, 0) is 4.74 Å². The number of hydrogen-bond acceptors (Lipinski definition) is 2. The molecule has 2 nitrogen and oxygen atoms in total. The van der Waals surface area contributed by atoms with Crippen molar-refractivity contribution in [2.75, 3.05) is 0 Å². The molecule has 0 saturated carbocycles. The summed E-state index contributed by atoms with van der Waals surface area (Å²) < 4.78 is 19.3. The van der Waals surface area contributed by atoms with E-state index in [1.807, 2.05) is 12.1 Å². The molecule has 1 N–H and O–H groups in total. The Balaban J connectivity index is 2.19. The Morgan fingerprint density at radius 3 is 2.14 bits per heavy atom. The van der Waals surface area contributed by atoms with Crippen molar-refractivity contribution < 1.29 is 9.13 Å². The molecule has 0 amide bonds. The summed E-state index contributed by atoms with van der Waals surface area (Å²) in [4.78, 5) is 0. The molecular weight excluding hydrogens is 265 g/mol. The van der Waals surface area contributed by atoms with Gasteiger partial charge in [-0.3, -0.25) is 0 Å². The van der Waals surface area contributed by atoms with Gasteiger partial charge in [-0.25, -0.2) is 4.39 Å². The lowest BCUT2D eigenvalue weighted by molar-refractivity contribution is -0.0707. The number of hydrogen-bond donors (Lipinski definition) is 1. The fourth-order valence-electron chi connectivity index (χ4n) is 3.38. The second kappa shape index (κ2) is 5.69. The van der Waals surface area contributed by atoms with Gasteiger partial charge in [-0.15, -0.1) is 0 Å². The minimum Gasteiger partial charge on any atom is -0.368 e. The molecule has 1 aromatic carbocycles. The van der Waals surface area contributed by atoms with E-state index in [9.17, 15) is 4.39 Å². The standard InChI is InChI=1S/C18H28FNO/c1-12(2)16(13-7-9-14(19)10-8-13)20-15-11-17(3,4)21-18(15,5)6/h7-10,12,15-16,20H,11H2,1-6H3. The summed E-state index contributed by atoms with van der Waals surface area (Å²) in [5.41, 5.74) is 0.828. The zero-order valence-corrected chi connectivity index (χ0v) is 14.0. The fourth-order valence-corrected chi connectivity index (χ4v) is 3.38. The Morgan fingerprint density at radius 2 is 1.71 bits per heavy atom. The topological polar surface area (TPSA) is 21.3 Å². The summed E-state index contributed by atoms with van der Waals surface area (Å²) in [6, 6.07) is 7.30. The van der Waals surface area contributed by atoms with Crippen LogP contribution in [0.25, 0.3) is 0 Å². The van der Waals surface area contributed by atoms with E-state index in [2.05, 4.69) is 46.9 Å². The first-order chi connectivity index (χ1) is 9.61. The van der Waals surface area contributed by atoms with E-state index < -0.39 is 0 Å². The highest BCUT2D eigenvalue weighted by atomic mass is 19.1. The van der Waals surface area contributed by atoms with Gasteiger partial charge in [-0.1, -0.05) is 26.0 Å². The van der Waals surface area contributed by atoms with Gasteiger partial charge in [0.25, 0.3) is 0 Å². The molecule has 1 fully saturated rings. The van der Waals surface area contributed by atoms with Crippen LogP contribution in [0.1, 0.15) is 59.6 Å². The first kappa shape index (κ1) is 16.4. The van der Waals surface area contributed by atoms with E-state index in [0.29, 0.717) is 5.92 Å². The van der Waals surface area contributed by atoms with Crippen molar-refractivity contribution in [3.63, 3.8) is 0 Å². The Labute approximate surface area is 128 Å². The van der Waals surface area contributed by atoms with Gasteiger partial charge in [0.1, 0.15) is 5.82 Å². The lowest BCUT2D eigenvalue weighted by Gasteiger charge is -2.33. The molecule has 1 aliphatic rings. The van der Waals surface area contributed by atoms with Gasteiger partial charge < -0.3 is 10.1 Å². The average molecular weight is 293 g/mol. The van der Waals surface area contributed by atoms with Crippen LogP contribution in [0.5, 0.6) is 0 Å². The number of benzene rings is 1. The normalized spacial score (nSPS) is 25.2. The number of halogens is 1. The molecule has 1 aromatic rings. The molecule has 0 spiro atoms. The van der Waals surface area contributed by atoms with Crippen molar-refractivity contribution in [2.45, 2.75) is 71.2 Å². The van der Waals surface area contributed by atoms with Crippen LogP contribution in [0.2, 0.25) is 0 Å². The second-order valence-electron chi connectivity index (χ2n) is 7.66. The fraction of sp³-hybridized carbons (Fsp3) is 0.667. The van der Waals surface area contributed by atoms with Crippen molar-refractivity contribution >= 4 is 0 Å². The van der Waals surface area contributed by atoms with E-state index in [-0.39, 0.29) is 29.1 Å². The summed E-state index contributed by atoms with van der Waals surface area (Å²) in [6.45, 7) is 12.9. The molecular formula is C18H28FNO. The van der Waals surface area contributed by atoms with Gasteiger partial charge in [0.05, 0.1) is 11.2 Å². The maximum atomic E-state index is 13.1. The Kier molecular flexibility index (Phi) is 4.46. The lowest BCUT2D eigenvalue weighted by Crippen LogP contribution is -2.46. The predicted octanol–water partition coefficient (Wildman–Crippen LogP) is 4.46. The zero-order valence-electron chi connectivity index (χ0n) is 14.0. The molecule has 1 heterocycles. The van der Waals surface area contributed by atoms with Crippen LogP contribution < -0.4 is 5.32 Å². The van der Waals surface area contributed by atoms with Crippen molar-refractivity contribution in [1.29, 1.82) is 0 Å². The molecule has 2 atom stereocenters. The number of rotatable bonds is 4. The minimum absolute atomic E-state index is 0.106. The summed E-state index contributed by atoms with van der Waals surface area (Å²) in [5.74, 6) is 0.238. The molecule has 0 aromatic heterocycles. The first-order valence-electron chi connectivity index (χ1n) is 7.82. The molecule has 0 aliphatic carbocycles. The molecule has 1 saturated heterocycles. The third kappa shape index (κ3) is 3.83. The Morgan fingerprint density at radius 1 is 1.14 bits per heavy atom. The largest absolute Gasteiger partial charge is 0.368 e. The van der Waals surface area contributed by atoms with Crippen LogP contribution in [0.3, 0.4) is 0 Å². The molecule has 21 heavy (non-hydrogen) atoms. The Hall–Kier alpha value is -0.930. The van der Waals surface area contributed by atoms with Crippen LogP contribution in [0.4, 0.5) is 4.39 Å². The lowest BCUT2D eigenvalue weighted by atomic mass is 9.89. The summed E-state index contributed by atoms with van der Waals surface area (Å²) in [6.07, 6.45) is 0.977. The van der Waals surface area contributed by atoms with Gasteiger partial charge in [0, 0.05) is 12.1 Å². The highest BCUT2D eigenvalue weighted by Crippen LogP contribution is 2.39. The molecule has 118 valence electrons. The molecule has 2 unspecified atom stereocenters. The quantitative estimate of drug-likeness (QED) is 0.885. The number of ether oxygens (including phenoxy) is 1. The van der Waals surface area contributed by atoms with Crippen molar-refractivity contribution in [1.82, 2.24) is 5.32 Å². The van der Waals surface area contributed by atoms with E-state index in [1.165, 1.54) is 12.1 Å². The minimum atomic E-state index is -0.198. The smallest absolute Gasteiger partial charge is 0.123 e. The second-order valence-corrected chi connectivity index (χ2v) is 7.66. The molecule has 3 heteroatoms. The molecule has 0 radical (unpaired) electrons. The van der Waals surface area contributed by atoms with Crippen LogP contribution >= 0.6 is 0 Å². The average Bonchev–Trinajstić information content (AvgIpc) is 2.55. The van der Waals surface area contributed by atoms with Crippen LogP contribution in [0, 0.1) is 11.7 Å². The van der Waals surface area contributed by atoms with Gasteiger partial charge in [0.15, 0.2) is 0 Å². The molecule has 1 aliphatic heterocycles.